The maximum absolute atomic E-state index is 10.7. The van der Waals surface area contributed by atoms with Crippen LogP contribution in [-0.2, 0) is 4.79 Å². The number of phenolic OH excluding ortho intramolecular Hbond substituents is 1. The summed E-state index contributed by atoms with van der Waals surface area (Å²) in [5.41, 5.74) is 5.96. The number of benzene rings is 2. The molecule has 0 spiro atoms. The summed E-state index contributed by atoms with van der Waals surface area (Å²) >= 11 is 0. The van der Waals surface area contributed by atoms with Crippen molar-refractivity contribution >= 4 is 16.7 Å². The molecule has 4 N–H and O–H groups in total. The van der Waals surface area contributed by atoms with Gasteiger partial charge in [0, 0.05) is 23.4 Å². The predicted octanol–water partition coefficient (Wildman–Crippen LogP) is 2.46. The summed E-state index contributed by atoms with van der Waals surface area (Å²) in [6.45, 7) is 2.68. The van der Waals surface area contributed by atoms with E-state index >= 15 is 0 Å². The molecule has 2 aromatic carbocycles. The molecule has 0 aliphatic heterocycles. The second-order valence-corrected chi connectivity index (χ2v) is 4.97. The lowest BCUT2D eigenvalue weighted by molar-refractivity contribution is -0.118. The Kier molecular flexibility index (Phi) is 4.58. The monoisotopic (exact) mass is 272 g/mol. The van der Waals surface area contributed by atoms with Crippen molar-refractivity contribution in [2.45, 2.75) is 25.8 Å². The molecule has 0 fully saturated rings. The average Bonchev–Trinajstić information content (AvgIpc) is 2.44. The number of hydrogen-bond donors (Lipinski definition) is 3. The van der Waals surface area contributed by atoms with Gasteiger partial charge in [-0.3, -0.25) is 4.79 Å². The van der Waals surface area contributed by atoms with Crippen molar-refractivity contribution in [3.63, 3.8) is 0 Å². The predicted molar refractivity (Wildman–Crippen MR) is 80.5 cm³/mol. The first kappa shape index (κ1) is 14.3. The van der Waals surface area contributed by atoms with Crippen molar-refractivity contribution in [3.05, 3.63) is 42.0 Å². The van der Waals surface area contributed by atoms with Crippen molar-refractivity contribution < 1.29 is 9.90 Å². The molecule has 0 saturated carbocycles. The molecule has 0 aliphatic carbocycles. The van der Waals surface area contributed by atoms with Crippen LogP contribution in [-0.4, -0.2) is 17.6 Å². The fourth-order valence-corrected chi connectivity index (χ4v) is 2.31. The highest BCUT2D eigenvalue weighted by molar-refractivity contribution is 5.89. The van der Waals surface area contributed by atoms with Gasteiger partial charge in [-0.1, -0.05) is 36.4 Å². The molecule has 0 aromatic heterocycles. The Morgan fingerprint density at radius 3 is 2.80 bits per heavy atom. The molecule has 106 valence electrons. The smallest absolute Gasteiger partial charge is 0.217 e. The van der Waals surface area contributed by atoms with Crippen LogP contribution in [0, 0.1) is 0 Å². The van der Waals surface area contributed by atoms with Crippen molar-refractivity contribution in [1.82, 2.24) is 5.32 Å². The third-order valence-corrected chi connectivity index (χ3v) is 3.45. The number of phenols is 1. The number of carbonyl (C=O) groups is 1. The molecule has 0 bridgehead atoms. The van der Waals surface area contributed by atoms with Crippen LogP contribution in [0.1, 0.15) is 31.4 Å². The number of nitrogens with two attached hydrogens (primary N) is 1. The number of aromatic hydroxyl groups is 1. The minimum atomic E-state index is -0.284. The van der Waals surface area contributed by atoms with E-state index in [9.17, 15) is 9.90 Å². The van der Waals surface area contributed by atoms with Gasteiger partial charge in [-0.2, -0.15) is 0 Å². The Morgan fingerprint density at radius 1 is 1.30 bits per heavy atom. The van der Waals surface area contributed by atoms with Crippen molar-refractivity contribution in [2.24, 2.45) is 5.73 Å². The van der Waals surface area contributed by atoms with Crippen molar-refractivity contribution in [3.8, 4) is 5.75 Å². The first-order valence-corrected chi connectivity index (χ1v) is 6.82. The van der Waals surface area contributed by atoms with E-state index in [1.165, 1.54) is 0 Å². The molecule has 0 radical (unpaired) electrons. The van der Waals surface area contributed by atoms with Gasteiger partial charge in [0.1, 0.15) is 5.75 Å². The third-order valence-electron chi connectivity index (χ3n) is 3.45. The highest BCUT2D eigenvalue weighted by Crippen LogP contribution is 2.32. The fraction of sp³-hybridized carbons (Fsp3) is 0.312. The molecule has 0 aliphatic rings. The van der Waals surface area contributed by atoms with Gasteiger partial charge in [0.05, 0.1) is 0 Å². The molecule has 0 heterocycles. The van der Waals surface area contributed by atoms with Gasteiger partial charge < -0.3 is 16.2 Å². The number of rotatable bonds is 6. The average molecular weight is 272 g/mol. The summed E-state index contributed by atoms with van der Waals surface area (Å²) in [5.74, 6) is 0.0333. The second-order valence-electron chi connectivity index (χ2n) is 4.97. The minimum Gasteiger partial charge on any atom is -0.507 e. The van der Waals surface area contributed by atoms with Gasteiger partial charge in [0.15, 0.2) is 0 Å². The van der Waals surface area contributed by atoms with Crippen LogP contribution in [0.25, 0.3) is 10.8 Å². The number of nitrogens with one attached hydrogen (secondary N) is 1. The van der Waals surface area contributed by atoms with Crippen LogP contribution in [0.4, 0.5) is 0 Å². The Bertz CT molecular complexity index is 610. The minimum absolute atomic E-state index is 0.0208. The van der Waals surface area contributed by atoms with E-state index < -0.39 is 0 Å². The van der Waals surface area contributed by atoms with Gasteiger partial charge in [-0.15, -0.1) is 0 Å². The first-order valence-electron chi connectivity index (χ1n) is 6.82. The van der Waals surface area contributed by atoms with Crippen LogP contribution >= 0.6 is 0 Å². The number of fused-ring (bicyclic) bond motifs is 1. The summed E-state index contributed by atoms with van der Waals surface area (Å²) < 4.78 is 0. The van der Waals surface area contributed by atoms with E-state index in [1.807, 2.05) is 43.3 Å². The molecular weight excluding hydrogens is 252 g/mol. The van der Waals surface area contributed by atoms with Crippen molar-refractivity contribution in [1.29, 1.82) is 0 Å². The van der Waals surface area contributed by atoms with Crippen LogP contribution in [0.2, 0.25) is 0 Å². The van der Waals surface area contributed by atoms with Gasteiger partial charge >= 0.3 is 0 Å². The topological polar surface area (TPSA) is 75.3 Å². The second kappa shape index (κ2) is 6.39. The summed E-state index contributed by atoms with van der Waals surface area (Å²) in [5, 5.41) is 15.5. The molecule has 20 heavy (non-hydrogen) atoms. The summed E-state index contributed by atoms with van der Waals surface area (Å²) in [4.78, 5) is 10.7. The zero-order chi connectivity index (χ0) is 14.5. The quantitative estimate of drug-likeness (QED) is 0.707. The van der Waals surface area contributed by atoms with Crippen LogP contribution < -0.4 is 11.1 Å². The lowest BCUT2D eigenvalue weighted by atomic mass is 10.0. The number of carbonyl (C=O) groups excluding carboxylic acids is 1. The Labute approximate surface area is 118 Å². The SMILES string of the molecule is CC(NCCCC(N)=O)c1ccc2ccccc2c1O. The van der Waals surface area contributed by atoms with Crippen LogP contribution in [0.5, 0.6) is 5.75 Å². The van der Waals surface area contributed by atoms with E-state index in [2.05, 4.69) is 5.32 Å². The number of primary amides is 1. The Hall–Kier alpha value is -2.07. The third kappa shape index (κ3) is 3.27. The number of amides is 1. The zero-order valence-electron chi connectivity index (χ0n) is 11.6. The molecule has 1 amide bonds. The normalized spacial score (nSPS) is 12.4. The lowest BCUT2D eigenvalue weighted by Gasteiger charge is -2.16. The van der Waals surface area contributed by atoms with Gasteiger partial charge in [0.25, 0.3) is 0 Å². The van der Waals surface area contributed by atoms with Gasteiger partial charge in [-0.25, -0.2) is 0 Å². The van der Waals surface area contributed by atoms with Gasteiger partial charge in [0.2, 0.25) is 5.91 Å². The van der Waals surface area contributed by atoms with Gasteiger partial charge in [-0.05, 0) is 25.3 Å². The molecule has 4 heteroatoms. The van der Waals surface area contributed by atoms with Crippen LogP contribution in [0.3, 0.4) is 0 Å². The summed E-state index contributed by atoms with van der Waals surface area (Å²) in [6, 6.07) is 11.7. The lowest BCUT2D eigenvalue weighted by Crippen LogP contribution is -2.21. The highest BCUT2D eigenvalue weighted by Gasteiger charge is 2.12. The molecule has 0 saturated heterocycles. The van der Waals surface area contributed by atoms with E-state index in [1.54, 1.807) is 0 Å². The first-order chi connectivity index (χ1) is 9.59. The maximum atomic E-state index is 10.7. The van der Waals surface area contributed by atoms with Crippen LogP contribution in [0.15, 0.2) is 36.4 Å². The molecule has 4 nitrogen and oxygen atoms in total. The summed E-state index contributed by atoms with van der Waals surface area (Å²) in [7, 11) is 0. The van der Waals surface area contributed by atoms with E-state index in [0.29, 0.717) is 25.1 Å². The largest absolute Gasteiger partial charge is 0.507 e. The van der Waals surface area contributed by atoms with E-state index in [-0.39, 0.29) is 11.9 Å². The molecule has 2 rings (SSSR count). The number of hydrogen-bond acceptors (Lipinski definition) is 3. The molecule has 1 unspecified atom stereocenters. The standard InChI is InChI=1S/C16H20N2O2/c1-11(18-10-4-7-15(17)19)13-9-8-12-5-2-3-6-14(12)16(13)20/h2-3,5-6,8-9,11,18,20H,4,7,10H2,1H3,(H2,17,19). The molecule has 1 atom stereocenters. The van der Waals surface area contributed by atoms with E-state index in [0.717, 1.165) is 16.3 Å². The zero-order valence-corrected chi connectivity index (χ0v) is 11.6. The Morgan fingerprint density at radius 2 is 2.05 bits per heavy atom. The fourth-order valence-electron chi connectivity index (χ4n) is 2.31. The van der Waals surface area contributed by atoms with Crippen molar-refractivity contribution in [2.75, 3.05) is 6.54 Å². The Balaban J connectivity index is 2.08. The highest BCUT2D eigenvalue weighted by atomic mass is 16.3. The summed E-state index contributed by atoms with van der Waals surface area (Å²) in [6.07, 6.45) is 1.08. The van der Waals surface area contributed by atoms with E-state index in [4.69, 9.17) is 5.73 Å². The molecule has 2 aromatic rings. The molecular formula is C16H20N2O2. The maximum Gasteiger partial charge on any atom is 0.217 e.